The zero-order valence-corrected chi connectivity index (χ0v) is 36.3. The Morgan fingerprint density at radius 3 is 1.31 bits per heavy atom. The van der Waals surface area contributed by atoms with Crippen LogP contribution in [0.2, 0.25) is 0 Å². The van der Waals surface area contributed by atoms with Crippen LogP contribution in [-0.2, 0) is 32.7 Å². The Morgan fingerprint density at radius 2 is 0.891 bits per heavy atom. The second kappa shape index (κ2) is 40.9. The van der Waals surface area contributed by atoms with E-state index in [9.17, 15) is 24.2 Å². The Balaban J connectivity index is 4.15. The monoisotopic (exact) mass is 805 g/mol. The molecule has 0 bridgehead atoms. The van der Waals surface area contributed by atoms with E-state index in [-0.39, 0.29) is 19.4 Å². The molecule has 0 fully saturated rings. The van der Waals surface area contributed by atoms with Crippen molar-refractivity contribution in [2.24, 2.45) is 0 Å². The number of ether oxygens (including phenoxy) is 2. The van der Waals surface area contributed by atoms with Crippen LogP contribution >= 0.6 is 7.82 Å². The Morgan fingerprint density at radius 1 is 0.527 bits per heavy atom. The number of phosphoric acid groups is 1. The normalized spacial score (nSPS) is 13.9. The van der Waals surface area contributed by atoms with Gasteiger partial charge in [0.25, 0.3) is 0 Å². The number of esters is 2. The van der Waals surface area contributed by atoms with Gasteiger partial charge in [-0.1, -0.05) is 180 Å². The summed E-state index contributed by atoms with van der Waals surface area (Å²) in [6.07, 6.45) is 39.0. The van der Waals surface area contributed by atoms with Gasteiger partial charge in [-0.3, -0.25) is 18.6 Å². The van der Waals surface area contributed by atoms with Crippen molar-refractivity contribution in [2.75, 3.05) is 26.4 Å². The fourth-order valence-electron chi connectivity index (χ4n) is 6.40. The molecular weight excluding hydrogens is 719 g/mol. The first-order valence-electron chi connectivity index (χ1n) is 22.6. The zero-order valence-electron chi connectivity index (χ0n) is 35.4. The Labute approximate surface area is 336 Å². The van der Waals surface area contributed by atoms with Crippen molar-refractivity contribution in [2.45, 2.75) is 232 Å². The van der Waals surface area contributed by atoms with E-state index in [1.165, 1.54) is 141 Å². The van der Waals surface area contributed by atoms with Crippen LogP contribution in [-0.4, -0.2) is 65.7 Å². The fraction of sp³-hybridized carbons (Fsp3) is 0.909. The summed E-state index contributed by atoms with van der Waals surface area (Å²) in [7, 11) is -4.61. The second-order valence-corrected chi connectivity index (χ2v) is 16.9. The SMILES string of the molecule is CCCCCCCC/C=C/CCCCCCCCCCCCCC(=O)OC[C@@H](COP(=O)(O)OC[C@H](O)CO)OC(=O)CCCCCCCCCCCCC. The van der Waals surface area contributed by atoms with Gasteiger partial charge in [0.1, 0.15) is 12.7 Å². The number of hydrogen-bond donors (Lipinski definition) is 3. The van der Waals surface area contributed by atoms with E-state index >= 15 is 0 Å². The van der Waals surface area contributed by atoms with Gasteiger partial charge >= 0.3 is 19.8 Å². The molecule has 0 aliphatic carbocycles. The molecule has 0 aromatic carbocycles. The van der Waals surface area contributed by atoms with Crippen molar-refractivity contribution in [1.29, 1.82) is 0 Å². The smallest absolute Gasteiger partial charge is 0.462 e. The lowest BCUT2D eigenvalue weighted by Gasteiger charge is -2.20. The third-order valence-corrected chi connectivity index (χ3v) is 10.9. The minimum atomic E-state index is -4.61. The third kappa shape index (κ3) is 40.7. The third-order valence-electron chi connectivity index (χ3n) is 9.92. The van der Waals surface area contributed by atoms with Crippen LogP contribution < -0.4 is 0 Å². The molecule has 0 spiro atoms. The van der Waals surface area contributed by atoms with Crippen LogP contribution in [0.1, 0.15) is 219 Å². The fourth-order valence-corrected chi connectivity index (χ4v) is 7.19. The molecule has 10 nitrogen and oxygen atoms in total. The number of aliphatic hydroxyl groups is 2. The van der Waals surface area contributed by atoms with Crippen molar-refractivity contribution in [1.82, 2.24) is 0 Å². The van der Waals surface area contributed by atoms with Gasteiger partial charge in [-0.25, -0.2) is 4.57 Å². The quantitative estimate of drug-likeness (QED) is 0.0235. The number of carbonyl (C=O) groups is 2. The molecule has 0 heterocycles. The number of rotatable bonds is 43. The highest BCUT2D eigenvalue weighted by Crippen LogP contribution is 2.43. The first-order chi connectivity index (χ1) is 26.7. The van der Waals surface area contributed by atoms with E-state index in [0.717, 1.165) is 38.5 Å². The standard InChI is InChI=1S/C44H85O10P/c1-3-5-7-9-11-13-15-16-17-18-19-20-21-22-23-24-26-27-29-31-33-35-43(47)51-39-42(40-53-55(49,50)52-38-41(46)37-45)54-44(48)36-34-32-30-28-25-14-12-10-8-6-4-2/h16-17,41-42,45-46H,3-15,18-40H2,1-2H3,(H,49,50)/b17-16+/t41-,42+/m1/s1. The number of carbonyl (C=O) groups excluding carboxylic acids is 2. The average molecular weight is 805 g/mol. The van der Waals surface area contributed by atoms with Crippen molar-refractivity contribution in [3.8, 4) is 0 Å². The predicted octanol–water partition coefficient (Wildman–Crippen LogP) is 12.0. The van der Waals surface area contributed by atoms with Gasteiger partial charge in [-0.2, -0.15) is 0 Å². The summed E-state index contributed by atoms with van der Waals surface area (Å²) in [4.78, 5) is 34.9. The number of hydrogen-bond acceptors (Lipinski definition) is 9. The molecule has 0 amide bonds. The lowest BCUT2D eigenvalue weighted by atomic mass is 10.0. The summed E-state index contributed by atoms with van der Waals surface area (Å²) in [5.41, 5.74) is 0. The Kier molecular flexibility index (Phi) is 39.9. The average Bonchev–Trinajstić information content (AvgIpc) is 3.17. The topological polar surface area (TPSA) is 149 Å². The minimum absolute atomic E-state index is 0.189. The van der Waals surface area contributed by atoms with Crippen LogP contribution in [0.25, 0.3) is 0 Å². The zero-order chi connectivity index (χ0) is 40.5. The van der Waals surface area contributed by atoms with Gasteiger partial charge in [0.2, 0.25) is 0 Å². The van der Waals surface area contributed by atoms with Gasteiger partial charge in [0.05, 0.1) is 19.8 Å². The highest BCUT2D eigenvalue weighted by atomic mass is 31.2. The minimum Gasteiger partial charge on any atom is -0.462 e. The number of phosphoric ester groups is 1. The molecule has 0 aliphatic rings. The van der Waals surface area contributed by atoms with Crippen LogP contribution in [0.15, 0.2) is 12.2 Å². The maximum absolute atomic E-state index is 12.6. The van der Waals surface area contributed by atoms with Crippen molar-refractivity contribution < 1.29 is 47.8 Å². The summed E-state index contributed by atoms with van der Waals surface area (Å²) in [6.45, 7) is 2.39. The molecule has 3 atom stereocenters. The van der Waals surface area contributed by atoms with Crippen LogP contribution in [0.5, 0.6) is 0 Å². The molecule has 3 N–H and O–H groups in total. The number of aliphatic hydroxyl groups excluding tert-OH is 2. The molecule has 55 heavy (non-hydrogen) atoms. The lowest BCUT2D eigenvalue weighted by molar-refractivity contribution is -0.161. The van der Waals surface area contributed by atoms with Gasteiger partial charge in [0.15, 0.2) is 6.10 Å². The van der Waals surface area contributed by atoms with E-state index < -0.39 is 51.8 Å². The predicted molar refractivity (Wildman–Crippen MR) is 224 cm³/mol. The molecule has 0 aromatic rings. The molecule has 0 aromatic heterocycles. The molecule has 0 rings (SSSR count). The van der Waals surface area contributed by atoms with Crippen LogP contribution in [0.4, 0.5) is 0 Å². The van der Waals surface area contributed by atoms with Crippen LogP contribution in [0.3, 0.4) is 0 Å². The van der Waals surface area contributed by atoms with E-state index in [2.05, 4.69) is 30.5 Å². The van der Waals surface area contributed by atoms with Gasteiger partial charge in [-0.15, -0.1) is 0 Å². The summed E-state index contributed by atoms with van der Waals surface area (Å²) in [5, 5.41) is 18.3. The summed E-state index contributed by atoms with van der Waals surface area (Å²) in [5.74, 6) is -0.916. The number of unbranched alkanes of at least 4 members (excludes halogenated alkanes) is 27. The highest BCUT2D eigenvalue weighted by Gasteiger charge is 2.27. The molecule has 1 unspecified atom stereocenters. The Hall–Kier alpha value is -1.29. The Bertz CT molecular complexity index is 930. The van der Waals surface area contributed by atoms with Crippen molar-refractivity contribution in [3.05, 3.63) is 12.2 Å². The highest BCUT2D eigenvalue weighted by molar-refractivity contribution is 7.47. The molecule has 0 radical (unpaired) electrons. The molecule has 0 saturated carbocycles. The number of allylic oxidation sites excluding steroid dienone is 2. The molecule has 11 heteroatoms. The van der Waals surface area contributed by atoms with E-state index in [4.69, 9.17) is 19.1 Å². The second-order valence-electron chi connectivity index (χ2n) is 15.4. The first kappa shape index (κ1) is 53.7. The summed E-state index contributed by atoms with van der Waals surface area (Å²) >= 11 is 0. The summed E-state index contributed by atoms with van der Waals surface area (Å²) < 4.78 is 32.7. The lowest BCUT2D eigenvalue weighted by Crippen LogP contribution is -2.29. The van der Waals surface area contributed by atoms with Gasteiger partial charge in [0, 0.05) is 12.8 Å². The van der Waals surface area contributed by atoms with E-state index in [1.807, 2.05) is 0 Å². The van der Waals surface area contributed by atoms with E-state index in [0.29, 0.717) is 12.8 Å². The molecule has 326 valence electrons. The van der Waals surface area contributed by atoms with Gasteiger partial charge in [-0.05, 0) is 38.5 Å². The van der Waals surface area contributed by atoms with Crippen LogP contribution in [0, 0.1) is 0 Å². The molecular formula is C44H85O10P. The largest absolute Gasteiger partial charge is 0.472 e. The van der Waals surface area contributed by atoms with E-state index in [1.54, 1.807) is 0 Å². The van der Waals surface area contributed by atoms with Crippen molar-refractivity contribution in [3.63, 3.8) is 0 Å². The van der Waals surface area contributed by atoms with Gasteiger partial charge < -0.3 is 24.6 Å². The molecule has 0 saturated heterocycles. The maximum atomic E-state index is 12.6. The first-order valence-corrected chi connectivity index (χ1v) is 24.1. The molecule has 0 aliphatic heterocycles. The maximum Gasteiger partial charge on any atom is 0.472 e. The summed E-state index contributed by atoms with van der Waals surface area (Å²) in [6, 6.07) is 0. The van der Waals surface area contributed by atoms with Crippen molar-refractivity contribution >= 4 is 19.8 Å².